The summed E-state index contributed by atoms with van der Waals surface area (Å²) in [5.74, 6) is -0.198. The minimum absolute atomic E-state index is 0.198. The molecule has 2 aliphatic rings. The molecule has 1 aromatic heterocycles. The van der Waals surface area contributed by atoms with E-state index in [9.17, 15) is 4.79 Å². The summed E-state index contributed by atoms with van der Waals surface area (Å²) in [5.41, 5.74) is 1.67. The predicted molar refractivity (Wildman–Crippen MR) is 98.2 cm³/mol. The molecular weight excluding hydrogens is 359 g/mol. The largest absolute Gasteiger partial charge is 0.465 e. The molecule has 1 fully saturated rings. The van der Waals surface area contributed by atoms with Crippen LogP contribution in [0.25, 0.3) is 11.0 Å². The monoisotopic (exact) mass is 378 g/mol. The van der Waals surface area contributed by atoms with Crippen LogP contribution in [-0.2, 0) is 20.4 Å². The molecule has 132 valence electrons. The van der Waals surface area contributed by atoms with E-state index in [1.165, 1.54) is 0 Å². The van der Waals surface area contributed by atoms with Crippen molar-refractivity contribution in [2.45, 2.75) is 51.4 Å². The van der Waals surface area contributed by atoms with Gasteiger partial charge in [0.1, 0.15) is 5.41 Å². The van der Waals surface area contributed by atoms with E-state index in [-0.39, 0.29) is 16.8 Å². The molecule has 0 amide bonds. The number of hydrogen-bond acceptors (Lipinski definition) is 4. The minimum Gasteiger partial charge on any atom is -0.465 e. The molecule has 2 atom stereocenters. The van der Waals surface area contributed by atoms with Crippen molar-refractivity contribution in [3.8, 4) is 0 Å². The molecule has 25 heavy (non-hydrogen) atoms. The summed E-state index contributed by atoms with van der Waals surface area (Å²) in [4.78, 5) is 22.8. The van der Waals surface area contributed by atoms with E-state index in [1.54, 1.807) is 12.1 Å². The van der Waals surface area contributed by atoms with Crippen molar-refractivity contribution in [1.82, 2.24) is 9.97 Å². The summed E-state index contributed by atoms with van der Waals surface area (Å²) < 4.78 is 5.49. The molecule has 0 aliphatic heterocycles. The van der Waals surface area contributed by atoms with E-state index < -0.39 is 5.41 Å². The van der Waals surface area contributed by atoms with Crippen LogP contribution in [0, 0.1) is 5.41 Å². The maximum Gasteiger partial charge on any atom is 0.318 e. The lowest BCUT2D eigenvalue weighted by Gasteiger charge is -2.38. The number of nitrogens with zero attached hydrogens (tertiary/aromatic N) is 2. The zero-order valence-electron chi connectivity index (χ0n) is 14.7. The number of esters is 1. The third kappa shape index (κ3) is 1.82. The molecule has 0 saturated heterocycles. The molecule has 1 heterocycles. The van der Waals surface area contributed by atoms with E-state index in [2.05, 4.69) is 20.8 Å². The number of fused-ring (bicyclic) bond motifs is 6. The van der Waals surface area contributed by atoms with Crippen LogP contribution in [-0.4, -0.2) is 22.5 Å². The lowest BCUT2D eigenvalue weighted by Crippen LogP contribution is -2.46. The molecule has 1 aromatic carbocycles. The number of halogens is 2. The van der Waals surface area contributed by atoms with Gasteiger partial charge in [0.05, 0.1) is 39.1 Å². The zero-order chi connectivity index (χ0) is 18.2. The lowest BCUT2D eigenvalue weighted by atomic mass is 9.64. The van der Waals surface area contributed by atoms with E-state index >= 15 is 0 Å². The van der Waals surface area contributed by atoms with Crippen LogP contribution in [0.3, 0.4) is 0 Å². The minimum atomic E-state index is -0.763. The highest BCUT2D eigenvalue weighted by atomic mass is 35.5. The Bertz CT molecular complexity index is 927. The second kappa shape index (κ2) is 5.08. The first kappa shape index (κ1) is 17.0. The smallest absolute Gasteiger partial charge is 0.318 e. The summed E-state index contributed by atoms with van der Waals surface area (Å²) in [7, 11) is 0. The molecule has 4 rings (SSSR count). The van der Waals surface area contributed by atoms with Gasteiger partial charge in [0.25, 0.3) is 0 Å². The average Bonchev–Trinajstić information content (AvgIpc) is 2.84. The number of carbonyl (C=O) groups excluding carboxylic acids is 1. The first-order valence-electron chi connectivity index (χ1n) is 8.54. The first-order chi connectivity index (χ1) is 11.7. The highest BCUT2D eigenvalue weighted by Gasteiger charge is 2.74. The molecule has 2 aliphatic carbocycles. The first-order valence-corrected chi connectivity index (χ1v) is 9.29. The zero-order valence-corrected chi connectivity index (χ0v) is 16.3. The Balaban J connectivity index is 2.06. The molecule has 2 bridgehead atoms. The number of ether oxygens (including phenoxy) is 1. The molecule has 2 unspecified atom stereocenters. The fourth-order valence-corrected chi connectivity index (χ4v) is 5.12. The van der Waals surface area contributed by atoms with Crippen molar-refractivity contribution in [3.05, 3.63) is 33.6 Å². The van der Waals surface area contributed by atoms with Crippen LogP contribution < -0.4 is 0 Å². The number of rotatable bonds is 2. The standard InChI is InChI=1S/C19H20Cl2N2O2/c1-5-25-16(24)19-7-6-18(4,17(19,2)3)14-15(19)23-13-9-11(21)10(20)8-12(13)22-14/h8-9H,5-7H2,1-4H3. The Morgan fingerprint density at radius 1 is 1.08 bits per heavy atom. The highest BCUT2D eigenvalue weighted by Crippen LogP contribution is 2.70. The normalized spacial score (nSPS) is 29.0. The summed E-state index contributed by atoms with van der Waals surface area (Å²) in [6.45, 7) is 8.62. The maximum atomic E-state index is 13.1. The van der Waals surface area contributed by atoms with Gasteiger partial charge in [-0.1, -0.05) is 44.0 Å². The third-order valence-electron chi connectivity index (χ3n) is 6.70. The van der Waals surface area contributed by atoms with E-state index in [0.717, 1.165) is 24.2 Å². The van der Waals surface area contributed by atoms with E-state index in [4.69, 9.17) is 37.9 Å². The van der Waals surface area contributed by atoms with Gasteiger partial charge in [0.15, 0.2) is 0 Å². The number of hydrogen-bond donors (Lipinski definition) is 0. The van der Waals surface area contributed by atoms with Crippen LogP contribution in [0.4, 0.5) is 0 Å². The van der Waals surface area contributed by atoms with E-state index in [0.29, 0.717) is 27.7 Å². The summed E-state index contributed by atoms with van der Waals surface area (Å²) in [6.07, 6.45) is 1.61. The third-order valence-corrected chi connectivity index (χ3v) is 7.43. The second-order valence-electron chi connectivity index (χ2n) is 7.76. The molecule has 6 heteroatoms. The SMILES string of the molecule is CCOC(=O)C12CCC(C)(c3nc4cc(Cl)c(Cl)cc4nc31)C2(C)C. The predicted octanol–water partition coefficient (Wildman–Crippen LogP) is 4.83. The van der Waals surface area contributed by atoms with Gasteiger partial charge < -0.3 is 4.74 Å². The fourth-order valence-electron chi connectivity index (χ4n) is 4.80. The van der Waals surface area contributed by atoms with Gasteiger partial charge in [-0.15, -0.1) is 0 Å². The maximum absolute atomic E-state index is 13.1. The summed E-state index contributed by atoms with van der Waals surface area (Å²) in [5, 5.41) is 0.887. The Morgan fingerprint density at radius 3 is 2.20 bits per heavy atom. The Kier molecular flexibility index (Phi) is 3.46. The second-order valence-corrected chi connectivity index (χ2v) is 8.57. The van der Waals surface area contributed by atoms with Gasteiger partial charge in [-0.05, 0) is 37.3 Å². The van der Waals surface area contributed by atoms with Gasteiger partial charge in [0, 0.05) is 5.41 Å². The van der Waals surface area contributed by atoms with Crippen LogP contribution >= 0.6 is 23.2 Å². The summed E-state index contributed by atoms with van der Waals surface area (Å²) >= 11 is 12.3. The van der Waals surface area contributed by atoms with Crippen molar-refractivity contribution in [1.29, 1.82) is 0 Å². The van der Waals surface area contributed by atoms with Gasteiger partial charge in [-0.25, -0.2) is 9.97 Å². The van der Waals surface area contributed by atoms with Gasteiger partial charge in [-0.2, -0.15) is 0 Å². The van der Waals surface area contributed by atoms with Crippen molar-refractivity contribution >= 4 is 40.2 Å². The molecule has 2 aromatic rings. The van der Waals surface area contributed by atoms with Gasteiger partial charge in [0.2, 0.25) is 0 Å². The average molecular weight is 379 g/mol. The van der Waals surface area contributed by atoms with Crippen LogP contribution in [0.15, 0.2) is 12.1 Å². The van der Waals surface area contributed by atoms with Crippen LogP contribution in [0.5, 0.6) is 0 Å². The number of carbonyl (C=O) groups is 1. The van der Waals surface area contributed by atoms with Crippen molar-refractivity contribution < 1.29 is 9.53 Å². The molecule has 1 saturated carbocycles. The van der Waals surface area contributed by atoms with Crippen molar-refractivity contribution in [2.75, 3.05) is 6.61 Å². The Morgan fingerprint density at radius 2 is 1.64 bits per heavy atom. The molecule has 0 radical (unpaired) electrons. The quantitative estimate of drug-likeness (QED) is 0.702. The van der Waals surface area contributed by atoms with Crippen LogP contribution in [0.1, 0.15) is 51.9 Å². The Hall–Kier alpha value is -1.39. The van der Waals surface area contributed by atoms with Gasteiger partial charge in [-0.3, -0.25) is 4.79 Å². The summed E-state index contributed by atoms with van der Waals surface area (Å²) in [6, 6.07) is 3.46. The van der Waals surface area contributed by atoms with Crippen molar-refractivity contribution in [3.63, 3.8) is 0 Å². The molecule has 0 N–H and O–H groups in total. The van der Waals surface area contributed by atoms with Crippen molar-refractivity contribution in [2.24, 2.45) is 5.41 Å². The van der Waals surface area contributed by atoms with Crippen LogP contribution in [0.2, 0.25) is 10.0 Å². The van der Waals surface area contributed by atoms with E-state index in [1.807, 2.05) is 6.92 Å². The Labute approximate surface area is 156 Å². The fraction of sp³-hybridized carbons (Fsp3) is 0.526. The lowest BCUT2D eigenvalue weighted by molar-refractivity contribution is -0.154. The highest BCUT2D eigenvalue weighted by molar-refractivity contribution is 6.42. The molecular formula is C19H20Cl2N2O2. The number of benzene rings is 1. The topological polar surface area (TPSA) is 52.1 Å². The molecule has 4 nitrogen and oxygen atoms in total. The molecule has 0 spiro atoms. The number of aromatic nitrogens is 2. The van der Waals surface area contributed by atoms with Gasteiger partial charge >= 0.3 is 5.97 Å².